The highest BCUT2D eigenvalue weighted by Crippen LogP contribution is 2.40. The van der Waals surface area contributed by atoms with Gasteiger partial charge >= 0.3 is 0 Å². The largest absolute Gasteiger partial charge is 0.491 e. The van der Waals surface area contributed by atoms with Crippen LogP contribution in [0.3, 0.4) is 0 Å². The normalized spacial score (nSPS) is 12.8. The van der Waals surface area contributed by atoms with Crippen LogP contribution in [0.4, 0.5) is 0 Å². The van der Waals surface area contributed by atoms with Gasteiger partial charge in [-0.15, -0.1) is 22.7 Å². The lowest BCUT2D eigenvalue weighted by molar-refractivity contribution is 0.206. The van der Waals surface area contributed by atoms with Crippen molar-refractivity contribution in [2.45, 2.75) is 91.3 Å². The molecule has 0 fully saturated rings. The Bertz CT molecular complexity index is 1120. The Morgan fingerprint density at radius 1 is 0.500 bits per heavy atom. The zero-order valence-corrected chi connectivity index (χ0v) is 25.0. The third-order valence-electron chi connectivity index (χ3n) is 6.84. The first-order valence-electron chi connectivity index (χ1n) is 14.3. The first-order valence-corrected chi connectivity index (χ1v) is 15.9. The van der Waals surface area contributed by atoms with Crippen LogP contribution in [0.15, 0.2) is 72.8 Å². The van der Waals surface area contributed by atoms with Gasteiger partial charge in [0.1, 0.15) is 11.5 Å². The number of rotatable bonds is 15. The van der Waals surface area contributed by atoms with Crippen molar-refractivity contribution in [3.63, 3.8) is 0 Å². The molecule has 2 aromatic heterocycles. The van der Waals surface area contributed by atoms with Crippen molar-refractivity contribution in [3.05, 3.63) is 72.8 Å². The van der Waals surface area contributed by atoms with Crippen LogP contribution in [-0.2, 0) is 0 Å². The van der Waals surface area contributed by atoms with Crippen LogP contribution in [0.2, 0.25) is 0 Å². The highest BCUT2D eigenvalue weighted by Gasteiger charge is 2.11. The van der Waals surface area contributed by atoms with E-state index in [0.717, 1.165) is 24.3 Å². The minimum absolute atomic E-state index is 0.261. The minimum Gasteiger partial charge on any atom is -0.491 e. The van der Waals surface area contributed by atoms with Crippen LogP contribution in [0.5, 0.6) is 11.5 Å². The molecule has 0 saturated heterocycles. The monoisotopic (exact) mass is 546 g/mol. The minimum atomic E-state index is 0.261. The van der Waals surface area contributed by atoms with E-state index in [4.69, 9.17) is 9.47 Å². The molecule has 2 aromatic carbocycles. The Kier molecular flexibility index (Phi) is 10.9. The molecule has 2 heterocycles. The maximum atomic E-state index is 6.11. The molecule has 2 atom stereocenters. The maximum Gasteiger partial charge on any atom is 0.119 e. The molecule has 2 unspecified atom stereocenters. The predicted molar refractivity (Wildman–Crippen MR) is 167 cm³/mol. The van der Waals surface area contributed by atoms with Gasteiger partial charge in [-0.05, 0) is 123 Å². The molecule has 38 heavy (non-hydrogen) atoms. The zero-order chi connectivity index (χ0) is 26.7. The van der Waals surface area contributed by atoms with Crippen LogP contribution in [0.1, 0.15) is 79.1 Å². The Balaban J connectivity index is 1.35. The van der Waals surface area contributed by atoms with E-state index < -0.39 is 0 Å². The summed E-state index contributed by atoms with van der Waals surface area (Å²) in [6.07, 6.45) is 10.3. The van der Waals surface area contributed by atoms with E-state index in [-0.39, 0.29) is 12.2 Å². The lowest BCUT2D eigenvalue weighted by atomic mass is 10.1. The summed E-state index contributed by atoms with van der Waals surface area (Å²) in [5.74, 6) is 1.92. The van der Waals surface area contributed by atoms with E-state index in [0.29, 0.717) is 0 Å². The molecule has 0 spiro atoms. The van der Waals surface area contributed by atoms with Gasteiger partial charge in [-0.2, -0.15) is 0 Å². The number of thiophene rings is 2. The summed E-state index contributed by atoms with van der Waals surface area (Å²) in [7, 11) is 0. The molecule has 0 saturated carbocycles. The molecule has 0 N–H and O–H groups in total. The fourth-order valence-electron chi connectivity index (χ4n) is 4.59. The Hall–Kier alpha value is -2.56. The average Bonchev–Trinajstić information content (AvgIpc) is 3.60. The molecule has 0 aliphatic heterocycles. The lowest BCUT2D eigenvalue weighted by Crippen LogP contribution is -2.11. The number of benzene rings is 2. The molecule has 0 bridgehead atoms. The van der Waals surface area contributed by atoms with E-state index in [1.54, 1.807) is 0 Å². The second kappa shape index (κ2) is 14.6. The lowest BCUT2D eigenvalue weighted by Gasteiger charge is -2.14. The number of hydrogen-bond donors (Lipinski definition) is 0. The van der Waals surface area contributed by atoms with Crippen molar-refractivity contribution in [1.82, 2.24) is 0 Å². The second-order valence-electron chi connectivity index (χ2n) is 10.2. The summed E-state index contributed by atoms with van der Waals surface area (Å²) in [6, 6.07) is 26.1. The fraction of sp³-hybridized carbons (Fsp3) is 0.412. The third-order valence-corrected chi connectivity index (χ3v) is 9.30. The van der Waals surface area contributed by atoms with Crippen LogP contribution < -0.4 is 9.47 Å². The van der Waals surface area contributed by atoms with E-state index in [1.165, 1.54) is 69.2 Å². The molecule has 0 aliphatic carbocycles. The predicted octanol–water partition coefficient (Wildman–Crippen LogP) is 11.5. The average molecular weight is 547 g/mol. The van der Waals surface area contributed by atoms with Gasteiger partial charge in [0.2, 0.25) is 0 Å². The smallest absolute Gasteiger partial charge is 0.119 e. The molecule has 0 radical (unpaired) electrons. The van der Waals surface area contributed by atoms with Crippen molar-refractivity contribution in [3.8, 4) is 42.1 Å². The Morgan fingerprint density at radius 2 is 0.868 bits per heavy atom. The zero-order valence-electron chi connectivity index (χ0n) is 23.4. The van der Waals surface area contributed by atoms with E-state index in [9.17, 15) is 0 Å². The van der Waals surface area contributed by atoms with Crippen molar-refractivity contribution >= 4 is 22.7 Å². The van der Waals surface area contributed by atoms with Gasteiger partial charge in [0.15, 0.2) is 0 Å². The summed E-state index contributed by atoms with van der Waals surface area (Å²) >= 11 is 3.70. The Labute approximate surface area is 237 Å². The van der Waals surface area contributed by atoms with Crippen LogP contribution in [0.25, 0.3) is 30.6 Å². The van der Waals surface area contributed by atoms with Gasteiger partial charge in [0, 0.05) is 19.5 Å². The Morgan fingerprint density at radius 3 is 1.24 bits per heavy atom. The first kappa shape index (κ1) is 28.4. The second-order valence-corrected chi connectivity index (χ2v) is 12.4. The highest BCUT2D eigenvalue weighted by atomic mass is 32.1. The number of hydrogen-bond acceptors (Lipinski definition) is 4. The van der Waals surface area contributed by atoms with Crippen LogP contribution >= 0.6 is 22.7 Å². The molecule has 4 heteroatoms. The van der Waals surface area contributed by atoms with Gasteiger partial charge in [0.25, 0.3) is 0 Å². The molecule has 2 nitrogen and oxygen atoms in total. The summed E-state index contributed by atoms with van der Waals surface area (Å²) in [5, 5.41) is 0. The molecule has 4 aromatic rings. The van der Waals surface area contributed by atoms with Crippen molar-refractivity contribution < 1.29 is 9.47 Å². The summed E-state index contributed by atoms with van der Waals surface area (Å²) in [5.41, 5.74) is 2.48. The van der Waals surface area contributed by atoms with Crippen molar-refractivity contribution in [1.29, 1.82) is 0 Å². The summed E-state index contributed by atoms with van der Waals surface area (Å²) < 4.78 is 12.2. The van der Waals surface area contributed by atoms with Gasteiger partial charge in [-0.1, -0.05) is 39.5 Å². The summed E-state index contributed by atoms with van der Waals surface area (Å²) in [4.78, 5) is 5.18. The molecule has 4 rings (SSSR count). The molecule has 202 valence electrons. The molecular formula is C34H42O2S2. The molecule has 0 amide bonds. The molecular weight excluding hydrogens is 505 g/mol. The van der Waals surface area contributed by atoms with Crippen molar-refractivity contribution in [2.75, 3.05) is 0 Å². The van der Waals surface area contributed by atoms with E-state index in [1.807, 2.05) is 22.7 Å². The SMILES string of the molecule is CCCCCC(C)Oc1ccc(-c2ccc(-c3ccc(-c4ccc(OC(C)CCCCC)cc4)s3)s2)cc1. The first-order chi connectivity index (χ1) is 18.6. The third kappa shape index (κ3) is 8.22. The quantitative estimate of drug-likeness (QED) is 0.138. The fourth-order valence-corrected chi connectivity index (χ4v) is 6.71. The van der Waals surface area contributed by atoms with Gasteiger partial charge in [0.05, 0.1) is 12.2 Å². The molecule has 0 aliphatic rings. The van der Waals surface area contributed by atoms with Gasteiger partial charge in [-0.3, -0.25) is 0 Å². The van der Waals surface area contributed by atoms with Gasteiger partial charge in [-0.25, -0.2) is 0 Å². The van der Waals surface area contributed by atoms with Crippen molar-refractivity contribution in [2.24, 2.45) is 0 Å². The summed E-state index contributed by atoms with van der Waals surface area (Å²) in [6.45, 7) is 8.82. The van der Waals surface area contributed by atoms with Crippen LogP contribution in [0, 0.1) is 0 Å². The highest BCUT2D eigenvalue weighted by molar-refractivity contribution is 7.25. The number of ether oxygens (including phenoxy) is 2. The number of unbranched alkanes of at least 4 members (excludes halogenated alkanes) is 4. The van der Waals surface area contributed by atoms with E-state index >= 15 is 0 Å². The van der Waals surface area contributed by atoms with E-state index in [2.05, 4.69) is 100 Å². The van der Waals surface area contributed by atoms with Gasteiger partial charge < -0.3 is 9.47 Å². The maximum absolute atomic E-state index is 6.11. The standard InChI is InChI=1S/C34H42O2S2/c1-5-7-9-11-25(3)35-29-17-13-27(14-18-29)31-21-23-33(37-31)34-24-22-32(38-34)28-15-19-30(20-16-28)36-26(4)12-10-8-6-2/h13-26H,5-12H2,1-4H3. The van der Waals surface area contributed by atoms with Crippen LogP contribution in [-0.4, -0.2) is 12.2 Å². The topological polar surface area (TPSA) is 18.5 Å².